The van der Waals surface area contributed by atoms with E-state index >= 15 is 0 Å². The summed E-state index contributed by atoms with van der Waals surface area (Å²) in [6.07, 6.45) is 6.78. The average Bonchev–Trinajstić information content (AvgIpc) is 3.29. The molecule has 3 fully saturated rings. The van der Waals surface area contributed by atoms with E-state index < -0.39 is 0 Å². The highest BCUT2D eigenvalue weighted by Gasteiger charge is 2.26. The molecule has 2 aromatic carbocycles. The van der Waals surface area contributed by atoms with Gasteiger partial charge in [-0.1, -0.05) is 18.6 Å². The third-order valence-electron chi connectivity index (χ3n) is 8.79. The molecular weight excluding hydrogens is 520 g/mol. The molecule has 0 aliphatic carbocycles. The zero-order valence-electron chi connectivity index (χ0n) is 23.5. The van der Waals surface area contributed by atoms with Crippen molar-refractivity contribution in [2.24, 2.45) is 0 Å². The summed E-state index contributed by atoms with van der Waals surface area (Å²) in [5, 5.41) is 4.18. The van der Waals surface area contributed by atoms with E-state index in [-0.39, 0.29) is 11.7 Å². The SMILES string of the molecule is O=c1n(CCCN2CCCCC2)c2ccccc2n1C1CCN(C(=S)Nc2ccc(N3CCOCC3)cc2)CC1. The van der Waals surface area contributed by atoms with Crippen LogP contribution in [0.25, 0.3) is 11.0 Å². The highest BCUT2D eigenvalue weighted by atomic mass is 32.1. The number of anilines is 2. The topological polar surface area (TPSA) is 57.9 Å². The van der Waals surface area contributed by atoms with Crippen LogP contribution >= 0.6 is 12.2 Å². The third kappa shape index (κ3) is 6.06. The van der Waals surface area contributed by atoms with Crippen molar-refractivity contribution in [1.29, 1.82) is 0 Å². The van der Waals surface area contributed by atoms with Crippen LogP contribution in [0.4, 0.5) is 11.4 Å². The molecule has 214 valence electrons. The van der Waals surface area contributed by atoms with Gasteiger partial charge < -0.3 is 24.8 Å². The molecule has 3 saturated heterocycles. The summed E-state index contributed by atoms with van der Waals surface area (Å²) in [5.41, 5.74) is 4.49. The molecule has 4 heterocycles. The third-order valence-corrected chi connectivity index (χ3v) is 9.15. The highest BCUT2D eigenvalue weighted by molar-refractivity contribution is 7.80. The van der Waals surface area contributed by atoms with Crippen LogP contribution in [0.1, 0.15) is 44.6 Å². The van der Waals surface area contributed by atoms with Crippen molar-refractivity contribution in [1.82, 2.24) is 18.9 Å². The van der Waals surface area contributed by atoms with Crippen molar-refractivity contribution in [2.45, 2.75) is 51.1 Å². The lowest BCUT2D eigenvalue weighted by molar-refractivity contribution is 0.122. The van der Waals surface area contributed by atoms with Crippen LogP contribution in [0.2, 0.25) is 0 Å². The monoisotopic (exact) mass is 562 g/mol. The number of thiocarbonyl (C=S) groups is 1. The maximum absolute atomic E-state index is 13.7. The molecule has 8 nitrogen and oxygen atoms in total. The fourth-order valence-electron chi connectivity index (χ4n) is 6.54. The number of nitrogens with zero attached hydrogens (tertiary/aromatic N) is 5. The Bertz CT molecular complexity index is 1330. The molecular formula is C31H42N6O2S. The molecule has 0 bridgehead atoms. The predicted octanol–water partition coefficient (Wildman–Crippen LogP) is 4.55. The minimum Gasteiger partial charge on any atom is -0.378 e. The zero-order chi connectivity index (χ0) is 27.3. The Kier molecular flexibility index (Phi) is 8.70. The van der Waals surface area contributed by atoms with Gasteiger partial charge in [-0.05, 0) is 100 Å². The van der Waals surface area contributed by atoms with Crippen molar-refractivity contribution >= 4 is 39.7 Å². The van der Waals surface area contributed by atoms with E-state index in [1.165, 1.54) is 38.0 Å². The van der Waals surface area contributed by atoms with Gasteiger partial charge in [0.15, 0.2) is 5.11 Å². The Hall–Kier alpha value is -2.88. The summed E-state index contributed by atoms with van der Waals surface area (Å²) in [6, 6.07) is 17.0. The normalized spacial score (nSPS) is 19.3. The summed E-state index contributed by atoms with van der Waals surface area (Å²) in [7, 11) is 0. The second-order valence-corrected chi connectivity index (χ2v) is 11.7. The lowest BCUT2D eigenvalue weighted by Gasteiger charge is -2.34. The maximum atomic E-state index is 13.7. The standard InChI is InChI=1S/C31H42N6O2S/c38-31-36(18-6-17-33-15-4-1-5-16-33)28-7-2-3-8-29(28)37(31)27-13-19-35(20-14-27)30(40)32-25-9-11-26(12-10-25)34-21-23-39-24-22-34/h2-3,7-12,27H,1,4-6,13-24H2,(H,32,40). The fraction of sp³-hybridized carbons (Fsp3) is 0.548. The molecule has 3 aliphatic rings. The van der Waals surface area contributed by atoms with E-state index in [0.29, 0.717) is 0 Å². The van der Waals surface area contributed by atoms with Gasteiger partial charge in [-0.3, -0.25) is 9.13 Å². The van der Waals surface area contributed by atoms with Crippen molar-refractivity contribution < 1.29 is 4.74 Å². The van der Waals surface area contributed by atoms with Gasteiger partial charge in [0.1, 0.15) is 0 Å². The van der Waals surface area contributed by atoms with E-state index in [1.54, 1.807) is 0 Å². The van der Waals surface area contributed by atoms with Crippen LogP contribution in [-0.2, 0) is 11.3 Å². The van der Waals surface area contributed by atoms with E-state index in [4.69, 9.17) is 17.0 Å². The molecule has 0 saturated carbocycles. The number of hydrogen-bond donors (Lipinski definition) is 1. The minimum absolute atomic E-state index is 0.138. The largest absolute Gasteiger partial charge is 0.378 e. The van der Waals surface area contributed by atoms with Gasteiger partial charge in [0.05, 0.1) is 24.2 Å². The highest BCUT2D eigenvalue weighted by Crippen LogP contribution is 2.27. The van der Waals surface area contributed by atoms with Crippen LogP contribution in [0.3, 0.4) is 0 Å². The van der Waals surface area contributed by atoms with E-state index in [0.717, 1.165) is 93.6 Å². The van der Waals surface area contributed by atoms with Gasteiger partial charge in [0, 0.05) is 50.1 Å². The lowest BCUT2D eigenvalue weighted by atomic mass is 10.0. The van der Waals surface area contributed by atoms with Crippen molar-refractivity contribution in [3.05, 3.63) is 59.0 Å². The number of rotatable bonds is 7. The number of morpholine rings is 1. The molecule has 1 N–H and O–H groups in total. The Morgan fingerprint density at radius 1 is 0.850 bits per heavy atom. The van der Waals surface area contributed by atoms with E-state index in [2.05, 4.69) is 67.0 Å². The Labute approximate surface area is 242 Å². The second-order valence-electron chi connectivity index (χ2n) is 11.3. The van der Waals surface area contributed by atoms with Crippen LogP contribution < -0.4 is 15.9 Å². The fourth-order valence-corrected chi connectivity index (χ4v) is 6.84. The predicted molar refractivity (Wildman–Crippen MR) is 167 cm³/mol. The molecule has 9 heteroatoms. The van der Waals surface area contributed by atoms with E-state index in [9.17, 15) is 4.79 Å². The Morgan fingerprint density at radius 3 is 2.27 bits per heavy atom. The summed E-state index contributed by atoms with van der Waals surface area (Å²) in [5.74, 6) is 0. The number of para-hydroxylation sites is 2. The van der Waals surface area contributed by atoms with Gasteiger partial charge in [0.2, 0.25) is 0 Å². The molecule has 3 aromatic rings. The number of piperidine rings is 2. The number of imidazole rings is 1. The van der Waals surface area contributed by atoms with E-state index in [1.807, 2.05) is 10.6 Å². The Morgan fingerprint density at radius 2 is 1.55 bits per heavy atom. The number of nitrogens with one attached hydrogen (secondary N) is 1. The van der Waals surface area contributed by atoms with Crippen LogP contribution in [0.5, 0.6) is 0 Å². The van der Waals surface area contributed by atoms with Crippen molar-refractivity contribution in [3.8, 4) is 0 Å². The Balaban J connectivity index is 1.07. The number of likely N-dealkylation sites (tertiary alicyclic amines) is 2. The van der Waals surface area contributed by atoms with Gasteiger partial charge in [0.25, 0.3) is 0 Å². The van der Waals surface area contributed by atoms with Crippen LogP contribution in [0.15, 0.2) is 53.3 Å². The summed E-state index contributed by atoms with van der Waals surface area (Å²) in [4.78, 5) is 20.9. The van der Waals surface area contributed by atoms with Crippen molar-refractivity contribution in [2.75, 3.05) is 69.2 Å². The number of fused-ring (bicyclic) bond motifs is 1. The van der Waals surface area contributed by atoms with Gasteiger partial charge in [-0.2, -0.15) is 0 Å². The quantitative estimate of drug-likeness (QED) is 0.424. The average molecular weight is 563 g/mol. The van der Waals surface area contributed by atoms with Crippen LogP contribution in [-0.4, -0.2) is 83.1 Å². The molecule has 40 heavy (non-hydrogen) atoms. The smallest absolute Gasteiger partial charge is 0.329 e. The molecule has 0 unspecified atom stereocenters. The number of aromatic nitrogens is 2. The molecule has 0 atom stereocenters. The van der Waals surface area contributed by atoms with Gasteiger partial charge in [-0.15, -0.1) is 0 Å². The first-order valence-electron chi connectivity index (χ1n) is 15.1. The summed E-state index contributed by atoms with van der Waals surface area (Å²) >= 11 is 5.79. The minimum atomic E-state index is 0.138. The molecule has 0 spiro atoms. The van der Waals surface area contributed by atoms with Gasteiger partial charge in [-0.25, -0.2) is 4.79 Å². The first-order chi connectivity index (χ1) is 19.7. The molecule has 1 aromatic heterocycles. The molecule has 0 amide bonds. The number of ether oxygens (including phenoxy) is 1. The lowest BCUT2D eigenvalue weighted by Crippen LogP contribution is -2.42. The molecule has 6 rings (SSSR count). The van der Waals surface area contributed by atoms with Crippen LogP contribution in [0, 0.1) is 0 Å². The molecule has 0 radical (unpaired) electrons. The number of aryl methyl sites for hydroxylation is 1. The zero-order valence-corrected chi connectivity index (χ0v) is 24.3. The maximum Gasteiger partial charge on any atom is 0.329 e. The first kappa shape index (κ1) is 27.3. The second kappa shape index (κ2) is 12.7. The summed E-state index contributed by atoms with van der Waals surface area (Å²) < 4.78 is 9.54. The first-order valence-corrected chi connectivity index (χ1v) is 15.5. The van der Waals surface area contributed by atoms with Gasteiger partial charge >= 0.3 is 5.69 Å². The number of benzene rings is 2. The van der Waals surface area contributed by atoms with Crippen molar-refractivity contribution in [3.63, 3.8) is 0 Å². The molecule has 3 aliphatic heterocycles. The number of hydrogen-bond acceptors (Lipinski definition) is 5. The summed E-state index contributed by atoms with van der Waals surface area (Å²) in [6.45, 7) is 9.35.